The van der Waals surface area contributed by atoms with Crippen molar-refractivity contribution in [1.82, 2.24) is 5.32 Å². The first-order valence-electron chi connectivity index (χ1n) is 6.91. The molecular weight excluding hydrogens is 296 g/mol. The summed E-state index contributed by atoms with van der Waals surface area (Å²) in [5.74, 6) is -1.97. The Kier molecular flexibility index (Phi) is 5.46. The van der Waals surface area contributed by atoms with E-state index in [1.54, 1.807) is 0 Å². The summed E-state index contributed by atoms with van der Waals surface area (Å²) in [7, 11) is 1.29. The number of hydrogen-bond donors (Lipinski definition) is 2. The van der Waals surface area contributed by atoms with Crippen LogP contribution in [0.5, 0.6) is 0 Å². The van der Waals surface area contributed by atoms with Gasteiger partial charge in [0, 0.05) is 12.2 Å². The van der Waals surface area contributed by atoms with Gasteiger partial charge in [-0.1, -0.05) is 30.3 Å². The van der Waals surface area contributed by atoms with Crippen molar-refractivity contribution in [3.63, 3.8) is 0 Å². The van der Waals surface area contributed by atoms with Crippen molar-refractivity contribution in [1.29, 1.82) is 0 Å². The van der Waals surface area contributed by atoms with Crippen LogP contribution in [0.3, 0.4) is 0 Å². The van der Waals surface area contributed by atoms with E-state index in [4.69, 9.17) is 0 Å². The summed E-state index contributed by atoms with van der Waals surface area (Å²) in [5, 5.41) is 4.99. The molecule has 0 saturated carbocycles. The van der Waals surface area contributed by atoms with Gasteiger partial charge in [0.15, 0.2) is 0 Å². The molecule has 0 heterocycles. The lowest BCUT2D eigenvalue weighted by Gasteiger charge is -2.07. The Morgan fingerprint density at radius 2 is 1.57 bits per heavy atom. The summed E-state index contributed by atoms with van der Waals surface area (Å²) in [5.41, 5.74) is 1.67. The number of benzene rings is 2. The van der Waals surface area contributed by atoms with Crippen LogP contribution in [0.4, 0.5) is 5.69 Å². The first-order chi connectivity index (χ1) is 11.1. The number of methoxy groups -OCH3 is 1. The number of esters is 1. The Morgan fingerprint density at radius 3 is 2.17 bits per heavy atom. The van der Waals surface area contributed by atoms with Crippen LogP contribution in [0, 0.1) is 0 Å². The van der Waals surface area contributed by atoms with Crippen molar-refractivity contribution in [2.24, 2.45) is 0 Å². The zero-order valence-electron chi connectivity index (χ0n) is 12.5. The highest BCUT2D eigenvalue weighted by molar-refractivity contribution is 6.39. The van der Waals surface area contributed by atoms with E-state index in [1.807, 2.05) is 30.3 Å². The second-order valence-electron chi connectivity index (χ2n) is 4.69. The fourth-order valence-electron chi connectivity index (χ4n) is 1.85. The van der Waals surface area contributed by atoms with Crippen LogP contribution in [0.15, 0.2) is 54.6 Å². The van der Waals surface area contributed by atoms with Crippen LogP contribution in [-0.4, -0.2) is 24.9 Å². The second kappa shape index (κ2) is 7.74. The van der Waals surface area contributed by atoms with Crippen LogP contribution in [0.1, 0.15) is 15.9 Å². The Hall–Kier alpha value is -3.15. The molecule has 6 heteroatoms. The highest BCUT2D eigenvalue weighted by Gasteiger charge is 2.13. The van der Waals surface area contributed by atoms with Crippen molar-refractivity contribution >= 4 is 23.5 Å². The summed E-state index contributed by atoms with van der Waals surface area (Å²) in [6.45, 7) is 0.272. The van der Waals surface area contributed by atoms with Crippen LogP contribution in [0.25, 0.3) is 0 Å². The van der Waals surface area contributed by atoms with Gasteiger partial charge in [0.25, 0.3) is 0 Å². The molecule has 6 nitrogen and oxygen atoms in total. The molecule has 0 radical (unpaired) electrons. The third-order valence-corrected chi connectivity index (χ3v) is 3.07. The summed E-state index contributed by atoms with van der Waals surface area (Å²) in [6, 6.07) is 15.3. The van der Waals surface area contributed by atoms with Gasteiger partial charge >= 0.3 is 17.8 Å². The first-order valence-corrected chi connectivity index (χ1v) is 6.91. The largest absolute Gasteiger partial charge is 0.465 e. The fourth-order valence-corrected chi connectivity index (χ4v) is 1.85. The van der Waals surface area contributed by atoms with Gasteiger partial charge in [-0.15, -0.1) is 0 Å². The Morgan fingerprint density at radius 1 is 0.913 bits per heavy atom. The maximum Gasteiger partial charge on any atom is 0.337 e. The first kappa shape index (κ1) is 16.2. The molecule has 2 aromatic carbocycles. The van der Waals surface area contributed by atoms with Gasteiger partial charge in [0.05, 0.1) is 12.7 Å². The van der Waals surface area contributed by atoms with E-state index >= 15 is 0 Å². The van der Waals surface area contributed by atoms with Gasteiger partial charge < -0.3 is 15.4 Å². The molecule has 0 aliphatic heterocycles. The van der Waals surface area contributed by atoms with Crippen LogP contribution in [0.2, 0.25) is 0 Å². The van der Waals surface area contributed by atoms with E-state index in [0.29, 0.717) is 11.3 Å². The molecule has 0 fully saturated rings. The predicted molar refractivity (Wildman–Crippen MR) is 84.7 cm³/mol. The van der Waals surface area contributed by atoms with Gasteiger partial charge in [-0.2, -0.15) is 0 Å². The lowest BCUT2D eigenvalue weighted by Crippen LogP contribution is -2.34. The zero-order chi connectivity index (χ0) is 16.7. The molecule has 0 aliphatic rings. The highest BCUT2D eigenvalue weighted by atomic mass is 16.5. The van der Waals surface area contributed by atoms with E-state index in [0.717, 1.165) is 5.56 Å². The molecule has 0 spiro atoms. The summed E-state index contributed by atoms with van der Waals surface area (Å²) in [6.07, 6.45) is 0. The topological polar surface area (TPSA) is 84.5 Å². The lowest BCUT2D eigenvalue weighted by atomic mass is 10.2. The smallest absolute Gasteiger partial charge is 0.337 e. The minimum Gasteiger partial charge on any atom is -0.465 e. The Labute approximate surface area is 133 Å². The van der Waals surface area contributed by atoms with Gasteiger partial charge in [0.1, 0.15) is 0 Å². The van der Waals surface area contributed by atoms with E-state index < -0.39 is 17.8 Å². The molecule has 2 N–H and O–H groups in total. The number of amides is 2. The summed E-state index contributed by atoms with van der Waals surface area (Å²) < 4.78 is 4.58. The van der Waals surface area contributed by atoms with E-state index in [1.165, 1.54) is 31.4 Å². The number of nitrogens with one attached hydrogen (secondary N) is 2. The third kappa shape index (κ3) is 4.67. The highest BCUT2D eigenvalue weighted by Crippen LogP contribution is 2.10. The van der Waals surface area contributed by atoms with Crippen LogP contribution in [-0.2, 0) is 20.9 Å². The molecule has 0 saturated heterocycles. The van der Waals surface area contributed by atoms with Crippen LogP contribution >= 0.6 is 0 Å². The number of rotatable bonds is 4. The molecule has 2 amide bonds. The third-order valence-electron chi connectivity index (χ3n) is 3.07. The van der Waals surface area contributed by atoms with Crippen molar-refractivity contribution in [2.45, 2.75) is 6.54 Å². The fraction of sp³-hybridized carbons (Fsp3) is 0.118. The number of hydrogen-bond acceptors (Lipinski definition) is 4. The number of carbonyl (C=O) groups is 3. The quantitative estimate of drug-likeness (QED) is 0.665. The SMILES string of the molecule is COC(=O)c1ccc(NC(=O)C(=O)NCc2ccccc2)cc1. The van der Waals surface area contributed by atoms with Crippen LogP contribution < -0.4 is 10.6 Å². The molecule has 118 valence electrons. The van der Waals surface area contributed by atoms with Crippen molar-refractivity contribution in [2.75, 3.05) is 12.4 Å². The maximum atomic E-state index is 11.8. The van der Waals surface area contributed by atoms with Gasteiger partial charge in [0.2, 0.25) is 0 Å². The van der Waals surface area contributed by atoms with E-state index in [9.17, 15) is 14.4 Å². The average molecular weight is 312 g/mol. The minimum absolute atomic E-state index is 0.272. The molecule has 0 aromatic heterocycles. The molecule has 2 aromatic rings. The molecule has 2 rings (SSSR count). The standard InChI is InChI=1S/C17H16N2O4/c1-23-17(22)13-7-9-14(10-8-13)19-16(21)15(20)18-11-12-5-3-2-4-6-12/h2-10H,11H2,1H3,(H,18,20)(H,19,21). The van der Waals surface area contributed by atoms with Crippen molar-refractivity contribution in [3.05, 3.63) is 65.7 Å². The minimum atomic E-state index is -0.772. The Balaban J connectivity index is 1.88. The van der Waals surface area contributed by atoms with Gasteiger partial charge in [-0.25, -0.2) is 4.79 Å². The normalized spacial score (nSPS) is 9.78. The summed E-state index contributed by atoms with van der Waals surface area (Å²) >= 11 is 0. The van der Waals surface area contributed by atoms with E-state index in [2.05, 4.69) is 15.4 Å². The average Bonchev–Trinajstić information content (AvgIpc) is 2.60. The molecular formula is C17H16N2O4. The summed E-state index contributed by atoms with van der Waals surface area (Å²) in [4.78, 5) is 34.8. The maximum absolute atomic E-state index is 11.8. The second-order valence-corrected chi connectivity index (χ2v) is 4.69. The Bertz CT molecular complexity index is 696. The van der Waals surface area contributed by atoms with E-state index in [-0.39, 0.29) is 6.54 Å². The number of carbonyl (C=O) groups excluding carboxylic acids is 3. The molecule has 0 unspecified atom stereocenters. The molecule has 0 bridgehead atoms. The number of ether oxygens (including phenoxy) is 1. The molecule has 0 atom stereocenters. The van der Waals surface area contributed by atoms with Gasteiger partial charge in [-0.3, -0.25) is 9.59 Å². The lowest BCUT2D eigenvalue weighted by molar-refractivity contribution is -0.136. The molecule has 23 heavy (non-hydrogen) atoms. The van der Waals surface area contributed by atoms with Crippen molar-refractivity contribution in [3.8, 4) is 0 Å². The predicted octanol–water partition coefficient (Wildman–Crippen LogP) is 1.73. The van der Waals surface area contributed by atoms with Gasteiger partial charge in [-0.05, 0) is 29.8 Å². The van der Waals surface area contributed by atoms with Crippen molar-refractivity contribution < 1.29 is 19.1 Å². The molecule has 0 aliphatic carbocycles. The number of anilines is 1. The monoisotopic (exact) mass is 312 g/mol. The zero-order valence-corrected chi connectivity index (χ0v) is 12.5.